The van der Waals surface area contributed by atoms with Gasteiger partial charge in [-0.05, 0) is 43.9 Å². The van der Waals surface area contributed by atoms with Gasteiger partial charge in [-0.2, -0.15) is 0 Å². The van der Waals surface area contributed by atoms with Crippen molar-refractivity contribution in [1.82, 2.24) is 15.3 Å². The van der Waals surface area contributed by atoms with Gasteiger partial charge < -0.3 is 10.6 Å². The zero-order valence-electron chi connectivity index (χ0n) is 13.4. The first-order valence-electron chi connectivity index (χ1n) is 7.41. The van der Waals surface area contributed by atoms with Crippen LogP contribution in [0.1, 0.15) is 41.2 Å². The molecular formula is C16H22N4OS. The third kappa shape index (κ3) is 4.53. The molecule has 1 amide bonds. The molecule has 6 heteroatoms. The van der Waals surface area contributed by atoms with Gasteiger partial charge in [0.15, 0.2) is 5.13 Å². The number of hydrogen-bond donors (Lipinski definition) is 2. The minimum atomic E-state index is -0.0547. The Labute approximate surface area is 135 Å². The van der Waals surface area contributed by atoms with Crippen LogP contribution in [0, 0.1) is 19.8 Å². The summed E-state index contributed by atoms with van der Waals surface area (Å²) in [6.45, 7) is 8.83. The summed E-state index contributed by atoms with van der Waals surface area (Å²) in [5.41, 5.74) is 1.86. The van der Waals surface area contributed by atoms with Crippen LogP contribution < -0.4 is 10.6 Å². The molecule has 2 N–H and O–H groups in total. The number of anilines is 2. The van der Waals surface area contributed by atoms with E-state index in [1.54, 1.807) is 6.20 Å². The average molecular weight is 318 g/mol. The van der Waals surface area contributed by atoms with Crippen molar-refractivity contribution in [3.63, 3.8) is 0 Å². The molecule has 0 aliphatic heterocycles. The van der Waals surface area contributed by atoms with E-state index in [0.717, 1.165) is 23.5 Å². The molecule has 118 valence electrons. The zero-order chi connectivity index (χ0) is 16.1. The lowest BCUT2D eigenvalue weighted by Crippen LogP contribution is -2.25. The molecule has 0 aliphatic rings. The Morgan fingerprint density at radius 1 is 1.36 bits per heavy atom. The first kappa shape index (κ1) is 16.4. The van der Waals surface area contributed by atoms with Crippen LogP contribution in [-0.4, -0.2) is 22.4 Å². The predicted molar refractivity (Wildman–Crippen MR) is 90.9 cm³/mol. The van der Waals surface area contributed by atoms with Crippen molar-refractivity contribution in [2.75, 3.05) is 11.9 Å². The molecule has 2 aromatic heterocycles. The summed E-state index contributed by atoms with van der Waals surface area (Å²) in [5, 5.41) is 6.78. The fourth-order valence-electron chi connectivity index (χ4n) is 1.93. The molecule has 2 rings (SSSR count). The fourth-order valence-corrected chi connectivity index (χ4v) is 2.82. The van der Waals surface area contributed by atoms with Gasteiger partial charge in [0.25, 0.3) is 5.91 Å². The lowest BCUT2D eigenvalue weighted by Gasteiger charge is -2.05. The molecule has 0 aliphatic carbocycles. The largest absolute Gasteiger partial charge is 0.351 e. The van der Waals surface area contributed by atoms with Crippen molar-refractivity contribution in [3.8, 4) is 0 Å². The Hall–Kier alpha value is -1.95. The van der Waals surface area contributed by atoms with Crippen LogP contribution in [0.3, 0.4) is 0 Å². The van der Waals surface area contributed by atoms with E-state index in [4.69, 9.17) is 0 Å². The number of nitrogens with one attached hydrogen (secondary N) is 2. The number of aryl methyl sites for hydroxylation is 2. The lowest BCUT2D eigenvalue weighted by atomic mass is 10.1. The molecular weight excluding hydrogens is 296 g/mol. The predicted octanol–water partition coefficient (Wildman–Crippen LogP) is 3.67. The van der Waals surface area contributed by atoms with Crippen molar-refractivity contribution in [1.29, 1.82) is 0 Å². The smallest absolute Gasteiger partial charge is 0.263 e. The van der Waals surface area contributed by atoms with Gasteiger partial charge in [-0.15, -0.1) is 0 Å². The molecule has 2 heterocycles. The second-order valence-electron chi connectivity index (χ2n) is 5.72. The monoisotopic (exact) mass is 318 g/mol. The van der Waals surface area contributed by atoms with E-state index in [1.165, 1.54) is 11.3 Å². The van der Waals surface area contributed by atoms with Crippen LogP contribution in [0.15, 0.2) is 18.3 Å². The first-order valence-corrected chi connectivity index (χ1v) is 8.22. The highest BCUT2D eigenvalue weighted by Gasteiger charge is 2.15. The van der Waals surface area contributed by atoms with Crippen molar-refractivity contribution in [3.05, 3.63) is 34.5 Å². The number of amides is 1. The van der Waals surface area contributed by atoms with Gasteiger partial charge in [-0.25, -0.2) is 9.97 Å². The molecule has 5 nitrogen and oxygen atoms in total. The number of carbonyl (C=O) groups excluding carboxylic acids is 1. The molecule has 0 saturated heterocycles. The average Bonchev–Trinajstić information content (AvgIpc) is 2.79. The Morgan fingerprint density at radius 3 is 2.82 bits per heavy atom. The highest BCUT2D eigenvalue weighted by Crippen LogP contribution is 2.25. The minimum absolute atomic E-state index is 0.0547. The quantitative estimate of drug-likeness (QED) is 0.852. The van der Waals surface area contributed by atoms with E-state index in [9.17, 15) is 4.79 Å². The summed E-state index contributed by atoms with van der Waals surface area (Å²) in [6.07, 6.45) is 2.72. The summed E-state index contributed by atoms with van der Waals surface area (Å²) in [4.78, 5) is 21.5. The van der Waals surface area contributed by atoms with E-state index in [1.807, 2.05) is 26.0 Å². The maximum absolute atomic E-state index is 12.2. The summed E-state index contributed by atoms with van der Waals surface area (Å²) in [5.74, 6) is 1.26. The molecule has 0 unspecified atom stereocenters. The van der Waals surface area contributed by atoms with Gasteiger partial charge in [0.05, 0.1) is 5.69 Å². The fraction of sp³-hybridized carbons (Fsp3) is 0.438. The van der Waals surface area contributed by atoms with Crippen molar-refractivity contribution in [2.24, 2.45) is 5.92 Å². The number of thiazole rings is 1. The van der Waals surface area contributed by atoms with E-state index >= 15 is 0 Å². The summed E-state index contributed by atoms with van der Waals surface area (Å²) in [6, 6.07) is 3.88. The normalized spacial score (nSPS) is 10.8. The Balaban J connectivity index is 2.03. The second kappa shape index (κ2) is 7.35. The van der Waals surface area contributed by atoms with Gasteiger partial charge in [0.1, 0.15) is 10.7 Å². The molecule has 0 spiro atoms. The van der Waals surface area contributed by atoms with Crippen LogP contribution in [0.5, 0.6) is 0 Å². The minimum Gasteiger partial charge on any atom is -0.351 e. The Morgan fingerprint density at radius 2 is 2.14 bits per heavy atom. The number of aromatic nitrogens is 2. The van der Waals surface area contributed by atoms with Gasteiger partial charge in [-0.3, -0.25) is 4.79 Å². The van der Waals surface area contributed by atoms with Crippen molar-refractivity contribution in [2.45, 2.75) is 34.1 Å². The Bertz CT molecular complexity index is 651. The first-order chi connectivity index (χ1) is 10.5. The lowest BCUT2D eigenvalue weighted by molar-refractivity contribution is 0.0955. The van der Waals surface area contributed by atoms with Gasteiger partial charge in [0.2, 0.25) is 0 Å². The highest BCUT2D eigenvalue weighted by molar-refractivity contribution is 7.17. The molecule has 0 bridgehead atoms. The van der Waals surface area contributed by atoms with Crippen LogP contribution in [-0.2, 0) is 0 Å². The number of rotatable bonds is 6. The molecule has 0 radical (unpaired) electrons. The molecule has 0 saturated carbocycles. The van der Waals surface area contributed by atoms with E-state index in [2.05, 4.69) is 34.4 Å². The molecule has 22 heavy (non-hydrogen) atoms. The van der Waals surface area contributed by atoms with Crippen LogP contribution in [0.4, 0.5) is 10.9 Å². The molecule has 2 aromatic rings. The topological polar surface area (TPSA) is 66.9 Å². The van der Waals surface area contributed by atoms with Crippen molar-refractivity contribution < 1.29 is 4.79 Å². The summed E-state index contributed by atoms with van der Waals surface area (Å²) < 4.78 is 0. The van der Waals surface area contributed by atoms with E-state index in [-0.39, 0.29) is 5.91 Å². The number of pyridine rings is 1. The maximum atomic E-state index is 12.2. The third-order valence-corrected chi connectivity index (χ3v) is 4.23. The van der Waals surface area contributed by atoms with Gasteiger partial charge in [-0.1, -0.05) is 25.2 Å². The third-order valence-electron chi connectivity index (χ3n) is 3.16. The number of hydrogen-bond acceptors (Lipinski definition) is 5. The molecule has 0 fully saturated rings. The number of nitrogens with zero attached hydrogens (tertiary/aromatic N) is 2. The maximum Gasteiger partial charge on any atom is 0.263 e. The molecule has 0 atom stereocenters. The zero-order valence-corrected chi connectivity index (χ0v) is 14.3. The Kier molecular flexibility index (Phi) is 5.49. The summed E-state index contributed by atoms with van der Waals surface area (Å²) in [7, 11) is 0. The second-order valence-corrected chi connectivity index (χ2v) is 6.71. The van der Waals surface area contributed by atoms with E-state index < -0.39 is 0 Å². The van der Waals surface area contributed by atoms with Crippen LogP contribution in [0.25, 0.3) is 0 Å². The van der Waals surface area contributed by atoms with Gasteiger partial charge >= 0.3 is 0 Å². The van der Waals surface area contributed by atoms with Crippen LogP contribution in [0.2, 0.25) is 0 Å². The van der Waals surface area contributed by atoms with Crippen LogP contribution >= 0.6 is 11.3 Å². The van der Waals surface area contributed by atoms with Gasteiger partial charge in [0, 0.05) is 12.7 Å². The molecule has 0 aromatic carbocycles. The summed E-state index contributed by atoms with van der Waals surface area (Å²) >= 11 is 1.35. The number of carbonyl (C=O) groups is 1. The van der Waals surface area contributed by atoms with Crippen molar-refractivity contribution >= 4 is 28.2 Å². The highest BCUT2D eigenvalue weighted by atomic mass is 32.1. The SMILES string of the molecule is Cc1ccnc(Nc2nc(C)c(C(=O)NCCC(C)C)s2)c1. The van der Waals surface area contributed by atoms with E-state index in [0.29, 0.717) is 22.5 Å². The standard InChI is InChI=1S/C16H22N4OS/c1-10(2)5-7-18-15(21)14-12(4)19-16(22-14)20-13-9-11(3)6-8-17-13/h6,8-10H,5,7H2,1-4H3,(H,18,21)(H,17,19,20).